The van der Waals surface area contributed by atoms with Crippen molar-refractivity contribution in [2.24, 2.45) is 5.92 Å². The van der Waals surface area contributed by atoms with Gasteiger partial charge in [0.25, 0.3) is 0 Å². The SMILES string of the molecule is CN(CC(=O)Nc1cc(F)ccc1F)CC1CC(O)C1. The van der Waals surface area contributed by atoms with E-state index >= 15 is 0 Å². The van der Waals surface area contributed by atoms with E-state index in [2.05, 4.69) is 5.32 Å². The third-order valence-corrected chi connectivity index (χ3v) is 3.40. The fourth-order valence-corrected chi connectivity index (χ4v) is 2.38. The number of halogens is 2. The highest BCUT2D eigenvalue weighted by Gasteiger charge is 2.28. The molecule has 1 aliphatic rings. The number of anilines is 1. The van der Waals surface area contributed by atoms with Crippen molar-refractivity contribution in [3.63, 3.8) is 0 Å². The summed E-state index contributed by atoms with van der Waals surface area (Å²) >= 11 is 0. The van der Waals surface area contributed by atoms with Crippen LogP contribution in [-0.2, 0) is 4.79 Å². The quantitative estimate of drug-likeness (QED) is 0.863. The summed E-state index contributed by atoms with van der Waals surface area (Å²) in [6, 6.07) is 2.93. The summed E-state index contributed by atoms with van der Waals surface area (Å²) in [7, 11) is 1.78. The third kappa shape index (κ3) is 3.98. The van der Waals surface area contributed by atoms with Gasteiger partial charge in [-0.3, -0.25) is 9.69 Å². The molecule has 2 N–H and O–H groups in total. The van der Waals surface area contributed by atoms with Crippen molar-refractivity contribution in [1.82, 2.24) is 4.90 Å². The van der Waals surface area contributed by atoms with E-state index < -0.39 is 17.5 Å². The zero-order valence-electron chi connectivity index (χ0n) is 11.3. The Balaban J connectivity index is 1.81. The number of rotatable bonds is 5. The predicted octanol–water partition coefficient (Wildman–Crippen LogP) is 1.61. The van der Waals surface area contributed by atoms with Gasteiger partial charge in [0.2, 0.25) is 5.91 Å². The molecule has 6 heteroatoms. The van der Waals surface area contributed by atoms with Crippen LogP contribution in [-0.4, -0.2) is 42.2 Å². The maximum atomic E-state index is 13.4. The molecule has 1 aromatic carbocycles. The van der Waals surface area contributed by atoms with Gasteiger partial charge in [0.15, 0.2) is 0 Å². The molecule has 1 fully saturated rings. The minimum absolute atomic E-state index is 0.0998. The zero-order chi connectivity index (χ0) is 14.7. The maximum absolute atomic E-state index is 13.4. The van der Waals surface area contributed by atoms with Crippen molar-refractivity contribution in [3.8, 4) is 0 Å². The number of hydrogen-bond donors (Lipinski definition) is 2. The smallest absolute Gasteiger partial charge is 0.238 e. The van der Waals surface area contributed by atoms with Crippen LogP contribution in [0.3, 0.4) is 0 Å². The summed E-state index contributed by atoms with van der Waals surface area (Å²) in [4.78, 5) is 13.6. The minimum Gasteiger partial charge on any atom is -0.393 e. The Kier molecular flexibility index (Phi) is 4.67. The van der Waals surface area contributed by atoms with Gasteiger partial charge in [0.1, 0.15) is 11.6 Å². The molecule has 0 bridgehead atoms. The van der Waals surface area contributed by atoms with E-state index in [0.29, 0.717) is 12.5 Å². The minimum atomic E-state index is -0.662. The largest absolute Gasteiger partial charge is 0.393 e. The van der Waals surface area contributed by atoms with E-state index in [1.165, 1.54) is 0 Å². The summed E-state index contributed by atoms with van der Waals surface area (Å²) in [6.45, 7) is 0.804. The third-order valence-electron chi connectivity index (χ3n) is 3.40. The van der Waals surface area contributed by atoms with Crippen molar-refractivity contribution < 1.29 is 18.7 Å². The molecule has 1 amide bonds. The first-order valence-corrected chi connectivity index (χ1v) is 6.55. The first kappa shape index (κ1) is 14.9. The Hall–Kier alpha value is -1.53. The average Bonchev–Trinajstić information content (AvgIpc) is 2.31. The number of carbonyl (C=O) groups is 1. The van der Waals surface area contributed by atoms with Gasteiger partial charge in [0, 0.05) is 12.6 Å². The Labute approximate surface area is 116 Å². The molecule has 1 saturated carbocycles. The highest BCUT2D eigenvalue weighted by Crippen LogP contribution is 2.27. The number of hydrogen-bond acceptors (Lipinski definition) is 3. The molecule has 1 aliphatic carbocycles. The van der Waals surface area contributed by atoms with E-state index in [-0.39, 0.29) is 18.3 Å². The number of carbonyl (C=O) groups excluding carboxylic acids is 1. The van der Waals surface area contributed by atoms with Crippen molar-refractivity contribution >= 4 is 11.6 Å². The molecule has 4 nitrogen and oxygen atoms in total. The van der Waals surface area contributed by atoms with Gasteiger partial charge in [0.05, 0.1) is 18.3 Å². The maximum Gasteiger partial charge on any atom is 0.238 e. The van der Waals surface area contributed by atoms with Crippen molar-refractivity contribution in [1.29, 1.82) is 0 Å². The van der Waals surface area contributed by atoms with E-state index in [0.717, 1.165) is 31.0 Å². The van der Waals surface area contributed by atoms with Crippen molar-refractivity contribution in [2.45, 2.75) is 18.9 Å². The lowest BCUT2D eigenvalue weighted by Crippen LogP contribution is -2.40. The lowest BCUT2D eigenvalue weighted by atomic mass is 9.82. The predicted molar refractivity (Wildman–Crippen MR) is 71.2 cm³/mol. The Morgan fingerprint density at radius 3 is 2.80 bits per heavy atom. The first-order chi connectivity index (χ1) is 9.44. The van der Waals surface area contributed by atoms with Crippen LogP contribution < -0.4 is 5.32 Å². The molecule has 20 heavy (non-hydrogen) atoms. The molecule has 0 radical (unpaired) electrons. The topological polar surface area (TPSA) is 52.6 Å². The van der Waals surface area contributed by atoms with E-state index in [1.807, 2.05) is 4.90 Å². The van der Waals surface area contributed by atoms with Crippen LogP contribution in [0.1, 0.15) is 12.8 Å². The average molecular weight is 284 g/mol. The molecule has 0 heterocycles. The molecule has 0 saturated heterocycles. The van der Waals surface area contributed by atoms with Gasteiger partial charge in [-0.05, 0) is 37.9 Å². The van der Waals surface area contributed by atoms with Gasteiger partial charge >= 0.3 is 0 Å². The van der Waals surface area contributed by atoms with Crippen molar-refractivity contribution in [3.05, 3.63) is 29.8 Å². The summed E-state index contributed by atoms with van der Waals surface area (Å²) in [5.74, 6) is -1.26. The van der Waals surface area contributed by atoms with Crippen LogP contribution in [0.5, 0.6) is 0 Å². The van der Waals surface area contributed by atoms with Crippen LogP contribution in [0, 0.1) is 17.6 Å². The number of amides is 1. The second-order valence-corrected chi connectivity index (χ2v) is 5.36. The monoisotopic (exact) mass is 284 g/mol. The van der Waals surface area contributed by atoms with Gasteiger partial charge in [-0.2, -0.15) is 0 Å². The summed E-state index contributed by atoms with van der Waals surface area (Å²) in [6.07, 6.45) is 1.29. The van der Waals surface area contributed by atoms with Gasteiger partial charge in [-0.25, -0.2) is 8.78 Å². The second kappa shape index (κ2) is 6.28. The lowest BCUT2D eigenvalue weighted by Gasteiger charge is -2.34. The van der Waals surface area contributed by atoms with Crippen LogP contribution >= 0.6 is 0 Å². The second-order valence-electron chi connectivity index (χ2n) is 5.36. The number of aliphatic hydroxyl groups excluding tert-OH is 1. The number of likely N-dealkylation sites (N-methyl/N-ethyl adjacent to an activating group) is 1. The van der Waals surface area contributed by atoms with Gasteiger partial charge in [-0.1, -0.05) is 0 Å². The summed E-state index contributed by atoms with van der Waals surface area (Å²) in [5, 5.41) is 11.5. The molecule has 0 aromatic heterocycles. The fourth-order valence-electron chi connectivity index (χ4n) is 2.38. The molecular formula is C14H18F2N2O2. The highest BCUT2D eigenvalue weighted by molar-refractivity contribution is 5.92. The standard InChI is InChI=1S/C14H18F2N2O2/c1-18(7-9-4-11(19)5-9)8-14(20)17-13-6-10(15)2-3-12(13)16/h2-3,6,9,11,19H,4-5,7-8H2,1H3,(H,17,20). The number of nitrogens with zero attached hydrogens (tertiary/aromatic N) is 1. The molecule has 0 aliphatic heterocycles. The lowest BCUT2D eigenvalue weighted by molar-refractivity contribution is -0.117. The molecule has 0 unspecified atom stereocenters. The highest BCUT2D eigenvalue weighted by atomic mass is 19.1. The summed E-state index contributed by atoms with van der Waals surface area (Å²) in [5.41, 5.74) is -0.150. The van der Waals surface area contributed by atoms with Crippen LogP contribution in [0.2, 0.25) is 0 Å². The molecule has 0 spiro atoms. The molecule has 110 valence electrons. The first-order valence-electron chi connectivity index (χ1n) is 6.55. The number of benzene rings is 1. The van der Waals surface area contributed by atoms with E-state index in [1.54, 1.807) is 7.05 Å². The van der Waals surface area contributed by atoms with Crippen LogP contribution in [0.25, 0.3) is 0 Å². The number of aliphatic hydroxyl groups is 1. The molecule has 0 atom stereocenters. The zero-order valence-corrected chi connectivity index (χ0v) is 11.3. The van der Waals surface area contributed by atoms with Crippen LogP contribution in [0.4, 0.5) is 14.5 Å². The molecular weight excluding hydrogens is 266 g/mol. The van der Waals surface area contributed by atoms with Crippen molar-refractivity contribution in [2.75, 3.05) is 25.5 Å². The fraction of sp³-hybridized carbons (Fsp3) is 0.500. The van der Waals surface area contributed by atoms with E-state index in [4.69, 9.17) is 0 Å². The van der Waals surface area contributed by atoms with Crippen LogP contribution in [0.15, 0.2) is 18.2 Å². The Morgan fingerprint density at radius 2 is 2.15 bits per heavy atom. The Morgan fingerprint density at radius 1 is 1.45 bits per heavy atom. The van der Waals surface area contributed by atoms with E-state index in [9.17, 15) is 18.7 Å². The number of nitrogens with one attached hydrogen (secondary N) is 1. The normalized spacial score (nSPS) is 21.6. The molecule has 1 aromatic rings. The van der Waals surface area contributed by atoms with Gasteiger partial charge in [-0.15, -0.1) is 0 Å². The molecule has 2 rings (SSSR count). The summed E-state index contributed by atoms with van der Waals surface area (Å²) < 4.78 is 26.3. The van der Waals surface area contributed by atoms with Gasteiger partial charge < -0.3 is 10.4 Å². The Bertz CT molecular complexity index is 490.